The molecule has 0 radical (unpaired) electrons. The summed E-state index contributed by atoms with van der Waals surface area (Å²) in [6.45, 7) is 9.42. The molecule has 1 N–H and O–H groups in total. The van der Waals surface area contributed by atoms with Crippen molar-refractivity contribution in [2.24, 2.45) is 0 Å². The van der Waals surface area contributed by atoms with Crippen LogP contribution in [0.4, 0.5) is 11.4 Å². The molecule has 158 valence electrons. The molecule has 1 nitrogen and oxygen atoms in total. The van der Waals surface area contributed by atoms with Gasteiger partial charge in [-0.3, -0.25) is 0 Å². The van der Waals surface area contributed by atoms with Gasteiger partial charge in [-0.1, -0.05) is 82.3 Å². The number of rotatable bonds is 2. The summed E-state index contributed by atoms with van der Waals surface area (Å²) in [6, 6.07) is 31.2. The predicted molar refractivity (Wildman–Crippen MR) is 140 cm³/mol. The van der Waals surface area contributed by atoms with Crippen molar-refractivity contribution in [3.05, 3.63) is 107 Å². The molecule has 4 aromatic carbocycles. The SMILES string of the molecule is CC1(C)c2ccccc2C(C)(C)c2cc(Nc3cccc4sc5ccccc5c34)ccc21. The molecule has 0 fully saturated rings. The normalized spacial score (nSPS) is 16.0. The number of nitrogens with one attached hydrogen (secondary N) is 1. The Kier molecular flexibility index (Phi) is 4.10. The molecular weight excluding hydrogens is 406 g/mol. The maximum atomic E-state index is 3.77. The molecule has 1 aromatic heterocycles. The van der Waals surface area contributed by atoms with Crippen LogP contribution in [0.5, 0.6) is 0 Å². The number of fused-ring (bicyclic) bond motifs is 5. The zero-order chi connectivity index (χ0) is 22.1. The van der Waals surface area contributed by atoms with Crippen molar-refractivity contribution in [1.29, 1.82) is 0 Å². The Balaban J connectivity index is 1.50. The highest BCUT2D eigenvalue weighted by atomic mass is 32.1. The summed E-state index contributed by atoms with van der Waals surface area (Å²) in [6.07, 6.45) is 0. The van der Waals surface area contributed by atoms with Crippen LogP contribution in [0, 0.1) is 0 Å². The molecule has 1 aliphatic rings. The Bertz CT molecular complexity index is 1500. The van der Waals surface area contributed by atoms with E-state index in [2.05, 4.69) is 118 Å². The molecule has 0 amide bonds. The Hall–Kier alpha value is -3.10. The van der Waals surface area contributed by atoms with Crippen LogP contribution in [0.2, 0.25) is 0 Å². The summed E-state index contributed by atoms with van der Waals surface area (Å²) in [5.74, 6) is 0. The van der Waals surface area contributed by atoms with E-state index in [1.807, 2.05) is 11.3 Å². The van der Waals surface area contributed by atoms with E-state index in [0.717, 1.165) is 5.69 Å². The lowest BCUT2D eigenvalue weighted by Crippen LogP contribution is -2.36. The molecule has 0 atom stereocenters. The fourth-order valence-corrected chi connectivity index (χ4v) is 6.71. The van der Waals surface area contributed by atoms with E-state index in [1.165, 1.54) is 48.1 Å². The highest BCUT2D eigenvalue weighted by Crippen LogP contribution is 2.50. The molecule has 2 heteroatoms. The van der Waals surface area contributed by atoms with Gasteiger partial charge in [-0.05, 0) is 52.6 Å². The van der Waals surface area contributed by atoms with E-state index < -0.39 is 0 Å². The van der Waals surface area contributed by atoms with Crippen LogP contribution in [0.3, 0.4) is 0 Å². The van der Waals surface area contributed by atoms with Crippen molar-refractivity contribution >= 4 is 42.9 Å². The van der Waals surface area contributed by atoms with Crippen molar-refractivity contribution < 1.29 is 0 Å². The summed E-state index contributed by atoms with van der Waals surface area (Å²) < 4.78 is 2.66. The van der Waals surface area contributed by atoms with E-state index in [-0.39, 0.29) is 10.8 Å². The summed E-state index contributed by atoms with van der Waals surface area (Å²) >= 11 is 1.86. The molecule has 0 unspecified atom stereocenters. The van der Waals surface area contributed by atoms with Crippen molar-refractivity contribution in [1.82, 2.24) is 0 Å². The molecule has 0 spiro atoms. The van der Waals surface area contributed by atoms with Gasteiger partial charge in [0, 0.05) is 42.4 Å². The highest BCUT2D eigenvalue weighted by molar-refractivity contribution is 7.25. The van der Waals surface area contributed by atoms with Gasteiger partial charge in [0.05, 0.1) is 0 Å². The van der Waals surface area contributed by atoms with E-state index in [4.69, 9.17) is 0 Å². The summed E-state index contributed by atoms with van der Waals surface area (Å²) in [7, 11) is 0. The third kappa shape index (κ3) is 2.69. The standard InChI is InChI=1S/C30H27NS/c1-29(2)21-11-6-7-12-22(21)30(3,4)24-18-19(16-17-23(24)29)31-25-13-9-15-27-28(25)20-10-5-8-14-26(20)32-27/h5-18,31H,1-4H3. The van der Waals surface area contributed by atoms with Crippen LogP contribution in [0.1, 0.15) is 49.9 Å². The Morgan fingerprint density at radius 3 is 2.00 bits per heavy atom. The molecule has 0 bridgehead atoms. The van der Waals surface area contributed by atoms with Gasteiger partial charge >= 0.3 is 0 Å². The van der Waals surface area contributed by atoms with Gasteiger partial charge < -0.3 is 5.32 Å². The number of benzene rings is 4. The second kappa shape index (κ2) is 6.70. The van der Waals surface area contributed by atoms with E-state index in [1.54, 1.807) is 0 Å². The zero-order valence-electron chi connectivity index (χ0n) is 19.0. The van der Waals surface area contributed by atoms with Gasteiger partial charge in [-0.25, -0.2) is 0 Å². The van der Waals surface area contributed by atoms with Crippen molar-refractivity contribution in [3.63, 3.8) is 0 Å². The van der Waals surface area contributed by atoms with Crippen molar-refractivity contribution in [2.75, 3.05) is 5.32 Å². The third-order valence-electron chi connectivity index (χ3n) is 7.32. The van der Waals surface area contributed by atoms with Crippen LogP contribution in [-0.2, 0) is 10.8 Å². The molecular formula is C30H27NS. The second-order valence-corrected chi connectivity index (χ2v) is 11.0. The monoisotopic (exact) mass is 433 g/mol. The number of hydrogen-bond acceptors (Lipinski definition) is 2. The zero-order valence-corrected chi connectivity index (χ0v) is 19.8. The summed E-state index contributed by atoms with van der Waals surface area (Å²) in [4.78, 5) is 0. The van der Waals surface area contributed by atoms with E-state index >= 15 is 0 Å². The first kappa shape index (κ1) is 19.6. The molecule has 1 aliphatic carbocycles. The van der Waals surface area contributed by atoms with Gasteiger partial charge in [0.15, 0.2) is 0 Å². The Morgan fingerprint density at radius 2 is 1.22 bits per heavy atom. The number of hydrogen-bond donors (Lipinski definition) is 1. The van der Waals surface area contributed by atoms with Gasteiger partial charge in [0.2, 0.25) is 0 Å². The average molecular weight is 434 g/mol. The minimum Gasteiger partial charge on any atom is -0.355 e. The van der Waals surface area contributed by atoms with E-state index in [9.17, 15) is 0 Å². The topological polar surface area (TPSA) is 12.0 Å². The fraction of sp³-hybridized carbons (Fsp3) is 0.200. The first-order valence-corrected chi connectivity index (χ1v) is 12.1. The van der Waals surface area contributed by atoms with Crippen molar-refractivity contribution in [3.8, 4) is 0 Å². The van der Waals surface area contributed by atoms with Gasteiger partial charge in [0.25, 0.3) is 0 Å². The van der Waals surface area contributed by atoms with Gasteiger partial charge in [0.1, 0.15) is 0 Å². The van der Waals surface area contributed by atoms with Crippen LogP contribution in [0.25, 0.3) is 20.2 Å². The lowest BCUT2D eigenvalue weighted by atomic mass is 9.60. The summed E-state index contributed by atoms with van der Waals surface area (Å²) in [5.41, 5.74) is 7.97. The first-order valence-electron chi connectivity index (χ1n) is 11.3. The Morgan fingerprint density at radius 1 is 0.594 bits per heavy atom. The number of thiophene rings is 1. The quantitative estimate of drug-likeness (QED) is 0.293. The molecule has 0 aliphatic heterocycles. The highest BCUT2D eigenvalue weighted by Gasteiger charge is 2.41. The molecule has 0 saturated carbocycles. The summed E-state index contributed by atoms with van der Waals surface area (Å²) in [5, 5.41) is 6.41. The lowest BCUT2D eigenvalue weighted by Gasteiger charge is -2.44. The third-order valence-corrected chi connectivity index (χ3v) is 8.46. The number of anilines is 2. The maximum absolute atomic E-state index is 3.77. The maximum Gasteiger partial charge on any atom is 0.0478 e. The minimum absolute atomic E-state index is 0.0104. The first-order chi connectivity index (χ1) is 15.4. The van der Waals surface area contributed by atoms with Gasteiger partial charge in [-0.2, -0.15) is 0 Å². The van der Waals surface area contributed by atoms with Crippen LogP contribution < -0.4 is 5.32 Å². The smallest absolute Gasteiger partial charge is 0.0478 e. The van der Waals surface area contributed by atoms with Crippen molar-refractivity contribution in [2.45, 2.75) is 38.5 Å². The van der Waals surface area contributed by atoms with E-state index in [0.29, 0.717) is 0 Å². The molecule has 0 saturated heterocycles. The molecule has 5 aromatic rings. The Labute approximate surface area is 193 Å². The predicted octanol–water partition coefficient (Wildman–Crippen LogP) is 8.76. The molecule has 32 heavy (non-hydrogen) atoms. The molecule has 6 rings (SSSR count). The lowest BCUT2D eigenvalue weighted by molar-refractivity contribution is 0.521. The van der Waals surface area contributed by atoms with Crippen LogP contribution >= 0.6 is 11.3 Å². The van der Waals surface area contributed by atoms with Crippen LogP contribution in [-0.4, -0.2) is 0 Å². The second-order valence-electron chi connectivity index (χ2n) is 9.96. The fourth-order valence-electron chi connectivity index (χ4n) is 5.58. The van der Waals surface area contributed by atoms with Crippen LogP contribution in [0.15, 0.2) is 84.9 Å². The molecule has 1 heterocycles. The van der Waals surface area contributed by atoms with Gasteiger partial charge in [-0.15, -0.1) is 11.3 Å². The average Bonchev–Trinajstić information content (AvgIpc) is 3.18. The largest absolute Gasteiger partial charge is 0.355 e. The minimum atomic E-state index is -0.0414.